The number of halogens is 3. The largest absolute Gasteiger partial charge is 0.456 e. The standard InChI is InChI=1S/C13H15Cl2FN2O2/c1-9(3-4-12(15)17-2)6-18(7-11(14)16)10-5-13(19)20-8-10/h3-5,11H,1,6-8H2,2H3/b4-3-,17-12?. The van der Waals surface area contributed by atoms with Crippen molar-refractivity contribution in [2.75, 3.05) is 26.7 Å². The second kappa shape index (κ2) is 8.07. The zero-order valence-corrected chi connectivity index (χ0v) is 12.5. The number of nitrogens with zero attached hydrogens (tertiary/aromatic N) is 2. The van der Waals surface area contributed by atoms with Gasteiger partial charge in [-0.25, -0.2) is 9.18 Å². The third-order valence-electron chi connectivity index (χ3n) is 2.48. The van der Waals surface area contributed by atoms with Gasteiger partial charge >= 0.3 is 5.97 Å². The molecule has 0 aliphatic carbocycles. The van der Waals surface area contributed by atoms with E-state index in [0.717, 1.165) is 0 Å². The molecule has 0 N–H and O–H groups in total. The molecule has 1 heterocycles. The summed E-state index contributed by atoms with van der Waals surface area (Å²) >= 11 is 11.1. The molecule has 0 spiro atoms. The monoisotopic (exact) mass is 320 g/mol. The Morgan fingerprint density at radius 3 is 2.90 bits per heavy atom. The fourth-order valence-corrected chi connectivity index (χ4v) is 1.79. The van der Waals surface area contributed by atoms with Crippen molar-refractivity contribution >= 4 is 34.3 Å². The highest BCUT2D eigenvalue weighted by molar-refractivity contribution is 6.68. The van der Waals surface area contributed by atoms with Crippen molar-refractivity contribution in [3.8, 4) is 0 Å². The predicted molar refractivity (Wildman–Crippen MR) is 78.9 cm³/mol. The fourth-order valence-electron chi connectivity index (χ4n) is 1.56. The van der Waals surface area contributed by atoms with Gasteiger partial charge in [0.15, 0.2) is 5.63 Å². The highest BCUT2D eigenvalue weighted by Crippen LogP contribution is 2.16. The summed E-state index contributed by atoms with van der Waals surface area (Å²) in [4.78, 5) is 16.4. The average molecular weight is 321 g/mol. The Kier molecular flexibility index (Phi) is 6.75. The van der Waals surface area contributed by atoms with Gasteiger partial charge in [0.2, 0.25) is 0 Å². The van der Waals surface area contributed by atoms with E-state index in [9.17, 15) is 9.18 Å². The van der Waals surface area contributed by atoms with Crippen LogP contribution in [0.15, 0.2) is 41.1 Å². The van der Waals surface area contributed by atoms with Crippen LogP contribution >= 0.6 is 23.2 Å². The minimum Gasteiger partial charge on any atom is -0.456 e. The van der Waals surface area contributed by atoms with Crippen molar-refractivity contribution in [1.82, 2.24) is 4.90 Å². The Morgan fingerprint density at radius 2 is 2.40 bits per heavy atom. The van der Waals surface area contributed by atoms with Gasteiger partial charge in [-0.1, -0.05) is 35.9 Å². The first-order valence-corrected chi connectivity index (χ1v) is 6.62. The molecule has 0 radical (unpaired) electrons. The molecule has 1 unspecified atom stereocenters. The van der Waals surface area contributed by atoms with Crippen LogP contribution in [0.1, 0.15) is 0 Å². The number of esters is 1. The fraction of sp³-hybridized carbons (Fsp3) is 0.385. The van der Waals surface area contributed by atoms with Gasteiger partial charge < -0.3 is 9.64 Å². The lowest BCUT2D eigenvalue weighted by Gasteiger charge is -2.25. The maximum absolute atomic E-state index is 13.0. The first-order valence-electron chi connectivity index (χ1n) is 5.81. The minimum atomic E-state index is -1.55. The molecule has 20 heavy (non-hydrogen) atoms. The number of allylic oxidation sites excluding steroid dienone is 1. The van der Waals surface area contributed by atoms with Crippen LogP contribution in [0.4, 0.5) is 4.39 Å². The Morgan fingerprint density at radius 1 is 1.70 bits per heavy atom. The van der Waals surface area contributed by atoms with Crippen LogP contribution in [-0.4, -0.2) is 48.4 Å². The van der Waals surface area contributed by atoms with E-state index >= 15 is 0 Å². The van der Waals surface area contributed by atoms with E-state index in [-0.39, 0.29) is 13.2 Å². The Bertz CT molecular complexity index is 473. The van der Waals surface area contributed by atoms with E-state index in [1.54, 1.807) is 24.1 Å². The first kappa shape index (κ1) is 16.7. The first-order chi connectivity index (χ1) is 9.42. The molecule has 0 aromatic carbocycles. The van der Waals surface area contributed by atoms with Crippen LogP contribution < -0.4 is 0 Å². The molecular formula is C13H15Cl2FN2O2. The molecule has 1 aliphatic heterocycles. The quantitative estimate of drug-likeness (QED) is 0.313. The molecule has 0 amide bonds. The number of aliphatic imine (C=N–C) groups is 1. The van der Waals surface area contributed by atoms with Crippen LogP contribution in [-0.2, 0) is 9.53 Å². The van der Waals surface area contributed by atoms with E-state index in [0.29, 0.717) is 23.0 Å². The van der Waals surface area contributed by atoms with E-state index in [1.165, 1.54) is 6.08 Å². The summed E-state index contributed by atoms with van der Waals surface area (Å²) in [6, 6.07) is 0. The molecule has 1 atom stereocenters. The van der Waals surface area contributed by atoms with E-state index in [4.69, 9.17) is 27.9 Å². The number of cyclic esters (lactones) is 1. The SMILES string of the molecule is C=C(/C=C\C(Cl)=NC)CN(CC(F)Cl)C1=CC(=O)OC1. The zero-order valence-electron chi connectivity index (χ0n) is 11.0. The smallest absolute Gasteiger partial charge is 0.333 e. The average Bonchev–Trinajstić information content (AvgIpc) is 2.81. The summed E-state index contributed by atoms with van der Waals surface area (Å²) in [6.45, 7) is 4.19. The van der Waals surface area contributed by atoms with Gasteiger partial charge in [0, 0.05) is 19.7 Å². The molecule has 0 saturated heterocycles. The molecule has 110 valence electrons. The van der Waals surface area contributed by atoms with Crippen LogP contribution in [0.5, 0.6) is 0 Å². The third-order valence-corrected chi connectivity index (χ3v) is 2.91. The van der Waals surface area contributed by atoms with E-state index < -0.39 is 11.6 Å². The molecule has 0 saturated carbocycles. The van der Waals surface area contributed by atoms with Gasteiger partial charge in [-0.15, -0.1) is 0 Å². The molecule has 0 aromatic heterocycles. The predicted octanol–water partition coefficient (Wildman–Crippen LogP) is 2.64. The second-order valence-corrected chi connectivity index (χ2v) is 4.91. The highest BCUT2D eigenvalue weighted by atomic mass is 35.5. The number of hydrogen-bond donors (Lipinski definition) is 0. The van der Waals surface area contributed by atoms with Crippen molar-refractivity contribution < 1.29 is 13.9 Å². The lowest BCUT2D eigenvalue weighted by atomic mass is 10.2. The van der Waals surface area contributed by atoms with Crippen molar-refractivity contribution in [3.05, 3.63) is 36.1 Å². The van der Waals surface area contributed by atoms with Crippen LogP contribution in [0.25, 0.3) is 0 Å². The van der Waals surface area contributed by atoms with Crippen molar-refractivity contribution in [1.29, 1.82) is 0 Å². The zero-order chi connectivity index (χ0) is 15.1. The summed E-state index contributed by atoms with van der Waals surface area (Å²) in [5.41, 5.74) is -0.309. The van der Waals surface area contributed by atoms with Gasteiger partial charge in [0.25, 0.3) is 0 Å². The summed E-state index contributed by atoms with van der Waals surface area (Å²) < 4.78 is 17.8. The van der Waals surface area contributed by atoms with Crippen molar-refractivity contribution in [2.24, 2.45) is 4.99 Å². The van der Waals surface area contributed by atoms with Gasteiger partial charge in [-0.3, -0.25) is 4.99 Å². The summed E-state index contributed by atoms with van der Waals surface area (Å²) in [7, 11) is 1.56. The molecule has 1 aliphatic rings. The number of hydrogen-bond acceptors (Lipinski definition) is 4. The van der Waals surface area contributed by atoms with Crippen LogP contribution in [0, 0.1) is 0 Å². The lowest BCUT2D eigenvalue weighted by molar-refractivity contribution is -0.135. The molecule has 0 bridgehead atoms. The molecule has 4 nitrogen and oxygen atoms in total. The molecule has 0 aromatic rings. The topological polar surface area (TPSA) is 41.9 Å². The maximum atomic E-state index is 13.0. The number of alkyl halides is 2. The Balaban J connectivity index is 2.70. The van der Waals surface area contributed by atoms with E-state index in [1.807, 2.05) is 0 Å². The van der Waals surface area contributed by atoms with E-state index in [2.05, 4.69) is 11.6 Å². The summed E-state index contributed by atoms with van der Waals surface area (Å²) in [5.74, 6) is -0.447. The molecule has 1 rings (SSSR count). The van der Waals surface area contributed by atoms with Crippen LogP contribution in [0.3, 0.4) is 0 Å². The maximum Gasteiger partial charge on any atom is 0.333 e. The number of ether oxygens (including phenoxy) is 1. The number of rotatable bonds is 7. The van der Waals surface area contributed by atoms with Crippen LogP contribution in [0.2, 0.25) is 0 Å². The Hall–Kier alpha value is -1.33. The Labute approximate surface area is 127 Å². The van der Waals surface area contributed by atoms with Crippen molar-refractivity contribution in [2.45, 2.75) is 5.63 Å². The van der Waals surface area contributed by atoms with Gasteiger partial charge in [-0.05, 0) is 11.6 Å². The van der Waals surface area contributed by atoms with Gasteiger partial charge in [0.1, 0.15) is 11.8 Å². The third kappa shape index (κ3) is 5.75. The second-order valence-electron chi connectivity index (χ2n) is 4.05. The number of carbonyl (C=O) groups is 1. The molecule has 7 heteroatoms. The minimum absolute atomic E-state index is 0.0630. The number of carbonyl (C=O) groups excluding carboxylic acids is 1. The van der Waals surface area contributed by atoms with Gasteiger partial charge in [-0.2, -0.15) is 0 Å². The van der Waals surface area contributed by atoms with Crippen molar-refractivity contribution in [3.63, 3.8) is 0 Å². The summed E-state index contributed by atoms with van der Waals surface area (Å²) in [6.07, 6.45) is 4.57. The normalized spacial score (nSPS) is 17.1. The summed E-state index contributed by atoms with van der Waals surface area (Å²) in [5, 5.41) is 0.331. The molecule has 0 fully saturated rings. The molecular weight excluding hydrogens is 306 g/mol. The highest BCUT2D eigenvalue weighted by Gasteiger charge is 2.21. The van der Waals surface area contributed by atoms with Gasteiger partial charge in [0.05, 0.1) is 12.2 Å². The lowest BCUT2D eigenvalue weighted by Crippen LogP contribution is -2.30.